The van der Waals surface area contributed by atoms with Crippen LogP contribution >= 0.6 is 0 Å². The van der Waals surface area contributed by atoms with Crippen LogP contribution in [-0.4, -0.2) is 57.2 Å². The van der Waals surface area contributed by atoms with Crippen molar-refractivity contribution in [3.05, 3.63) is 6.33 Å². The second kappa shape index (κ2) is 4.14. The van der Waals surface area contributed by atoms with Crippen molar-refractivity contribution < 1.29 is 4.79 Å². The maximum Gasteiger partial charge on any atom is 0.244 e. The summed E-state index contributed by atoms with van der Waals surface area (Å²) in [6, 6.07) is 0. The number of carbonyl (C=O) groups is 1. The number of aromatic nitrogens is 4. The van der Waals surface area contributed by atoms with E-state index in [1.807, 2.05) is 0 Å². The first-order valence-electron chi connectivity index (χ1n) is 4.48. The smallest absolute Gasteiger partial charge is 0.244 e. The Hall–Kier alpha value is -1.50. The number of tetrazole rings is 1. The predicted octanol–water partition coefficient (Wildman–Crippen LogP) is -1.88. The number of amides is 1. The Balaban J connectivity index is 1.88. The molecule has 1 aromatic rings. The molecule has 2 heterocycles. The molecule has 2 rings (SSSR count). The molecule has 14 heavy (non-hydrogen) atoms. The van der Waals surface area contributed by atoms with Gasteiger partial charge in [-0.1, -0.05) is 0 Å². The highest BCUT2D eigenvalue weighted by Crippen LogP contribution is 1.95. The Bertz CT molecular complexity index is 291. The maximum atomic E-state index is 11.6. The highest BCUT2D eigenvalue weighted by Gasteiger charge is 2.16. The van der Waals surface area contributed by atoms with Gasteiger partial charge in [-0.05, 0) is 10.4 Å². The van der Waals surface area contributed by atoms with E-state index < -0.39 is 0 Å². The van der Waals surface area contributed by atoms with Crippen molar-refractivity contribution in [2.75, 3.05) is 26.2 Å². The SMILES string of the molecule is O=C(Cn1cnnn1)N1CC[N]CC1. The highest BCUT2D eigenvalue weighted by molar-refractivity contribution is 5.75. The molecule has 0 aromatic carbocycles. The van der Waals surface area contributed by atoms with Crippen molar-refractivity contribution in [2.45, 2.75) is 6.54 Å². The van der Waals surface area contributed by atoms with E-state index in [0.29, 0.717) is 13.1 Å². The molecule has 0 saturated carbocycles. The van der Waals surface area contributed by atoms with E-state index in [1.54, 1.807) is 4.90 Å². The third-order valence-corrected chi connectivity index (χ3v) is 2.10. The number of piperazine rings is 1. The minimum Gasteiger partial charge on any atom is -0.338 e. The normalized spacial score (nSPS) is 17.0. The second-order valence-corrected chi connectivity index (χ2v) is 3.06. The predicted molar refractivity (Wildman–Crippen MR) is 46.3 cm³/mol. The van der Waals surface area contributed by atoms with Gasteiger partial charge in [-0.2, -0.15) is 0 Å². The van der Waals surface area contributed by atoms with Crippen molar-refractivity contribution in [1.82, 2.24) is 30.4 Å². The van der Waals surface area contributed by atoms with Crippen LogP contribution in [0.25, 0.3) is 0 Å². The third kappa shape index (κ3) is 2.05. The number of nitrogens with zero attached hydrogens (tertiary/aromatic N) is 6. The van der Waals surface area contributed by atoms with Gasteiger partial charge in [0, 0.05) is 26.2 Å². The van der Waals surface area contributed by atoms with Crippen LogP contribution < -0.4 is 5.32 Å². The fourth-order valence-electron chi connectivity index (χ4n) is 1.35. The van der Waals surface area contributed by atoms with E-state index in [9.17, 15) is 4.79 Å². The third-order valence-electron chi connectivity index (χ3n) is 2.10. The number of hydrogen-bond donors (Lipinski definition) is 0. The molecule has 1 saturated heterocycles. The van der Waals surface area contributed by atoms with Crippen LogP contribution in [-0.2, 0) is 11.3 Å². The standard InChI is InChI=1S/C7H11N6O/c14-7(5-13-6-9-10-11-13)12-3-1-8-2-4-12/h6H,1-5H2. The average molecular weight is 195 g/mol. The van der Waals surface area contributed by atoms with Crippen LogP contribution in [0.15, 0.2) is 6.33 Å². The summed E-state index contributed by atoms with van der Waals surface area (Å²) < 4.78 is 1.42. The zero-order chi connectivity index (χ0) is 9.80. The molecule has 7 nitrogen and oxygen atoms in total. The Morgan fingerprint density at radius 1 is 1.36 bits per heavy atom. The first-order chi connectivity index (χ1) is 6.86. The first kappa shape index (κ1) is 9.07. The van der Waals surface area contributed by atoms with Crippen molar-refractivity contribution in [2.24, 2.45) is 0 Å². The first-order valence-corrected chi connectivity index (χ1v) is 4.48. The summed E-state index contributed by atoms with van der Waals surface area (Å²) in [5.41, 5.74) is 0. The molecule has 75 valence electrons. The minimum atomic E-state index is 0.0483. The molecule has 1 aliphatic rings. The van der Waals surface area contributed by atoms with Crippen LogP contribution in [0.5, 0.6) is 0 Å². The summed E-state index contributed by atoms with van der Waals surface area (Å²) >= 11 is 0. The number of carbonyl (C=O) groups excluding carboxylic acids is 1. The molecule has 1 aromatic heterocycles. The molecule has 0 spiro atoms. The van der Waals surface area contributed by atoms with Crippen LogP contribution in [0.2, 0.25) is 0 Å². The lowest BCUT2D eigenvalue weighted by Gasteiger charge is -2.26. The van der Waals surface area contributed by atoms with Crippen molar-refractivity contribution in [1.29, 1.82) is 0 Å². The van der Waals surface area contributed by atoms with Gasteiger partial charge in [-0.15, -0.1) is 5.10 Å². The molecule has 0 unspecified atom stereocenters. The average Bonchev–Trinajstić information content (AvgIpc) is 2.72. The molecule has 0 aliphatic carbocycles. The Labute approximate surface area is 81.1 Å². The summed E-state index contributed by atoms with van der Waals surface area (Å²) in [4.78, 5) is 13.4. The number of rotatable bonds is 2. The van der Waals surface area contributed by atoms with E-state index in [4.69, 9.17) is 0 Å². The van der Waals surface area contributed by atoms with Crippen LogP contribution in [0, 0.1) is 0 Å². The van der Waals surface area contributed by atoms with Crippen molar-refractivity contribution in [3.8, 4) is 0 Å². The van der Waals surface area contributed by atoms with E-state index >= 15 is 0 Å². The molecule has 1 aliphatic heterocycles. The fourth-order valence-corrected chi connectivity index (χ4v) is 1.35. The second-order valence-electron chi connectivity index (χ2n) is 3.06. The Morgan fingerprint density at radius 3 is 2.79 bits per heavy atom. The quantitative estimate of drug-likeness (QED) is 0.553. The zero-order valence-corrected chi connectivity index (χ0v) is 7.70. The molecule has 7 heteroatoms. The summed E-state index contributed by atoms with van der Waals surface area (Å²) in [5.74, 6) is 0.0483. The molecule has 1 amide bonds. The van der Waals surface area contributed by atoms with Gasteiger partial charge >= 0.3 is 0 Å². The molecular weight excluding hydrogens is 184 g/mol. The van der Waals surface area contributed by atoms with E-state index in [2.05, 4.69) is 20.8 Å². The van der Waals surface area contributed by atoms with E-state index in [-0.39, 0.29) is 12.5 Å². The number of hydrogen-bond acceptors (Lipinski definition) is 4. The summed E-state index contributed by atoms with van der Waals surface area (Å²) in [7, 11) is 0. The molecule has 0 N–H and O–H groups in total. The maximum absolute atomic E-state index is 11.6. The summed E-state index contributed by atoms with van der Waals surface area (Å²) in [5, 5.41) is 14.7. The van der Waals surface area contributed by atoms with Crippen molar-refractivity contribution >= 4 is 5.91 Å². The van der Waals surface area contributed by atoms with Gasteiger partial charge < -0.3 is 4.90 Å². The highest BCUT2D eigenvalue weighted by atomic mass is 16.2. The molecule has 1 radical (unpaired) electrons. The topological polar surface area (TPSA) is 78.0 Å². The van der Waals surface area contributed by atoms with Crippen LogP contribution in [0.4, 0.5) is 0 Å². The van der Waals surface area contributed by atoms with E-state index in [0.717, 1.165) is 13.1 Å². The van der Waals surface area contributed by atoms with E-state index in [1.165, 1.54) is 11.0 Å². The molecular formula is C7H11N6O. The monoisotopic (exact) mass is 195 g/mol. The minimum absolute atomic E-state index is 0.0483. The van der Waals surface area contributed by atoms with Gasteiger partial charge in [-0.25, -0.2) is 10.00 Å². The lowest BCUT2D eigenvalue weighted by Crippen LogP contribution is -2.45. The van der Waals surface area contributed by atoms with Gasteiger partial charge in [0.25, 0.3) is 0 Å². The van der Waals surface area contributed by atoms with Crippen molar-refractivity contribution in [3.63, 3.8) is 0 Å². The van der Waals surface area contributed by atoms with Gasteiger partial charge in [0.05, 0.1) is 0 Å². The molecule has 1 fully saturated rings. The van der Waals surface area contributed by atoms with Gasteiger partial charge in [0.2, 0.25) is 5.91 Å². The lowest BCUT2D eigenvalue weighted by molar-refractivity contribution is -0.132. The fraction of sp³-hybridized carbons (Fsp3) is 0.714. The molecule has 0 bridgehead atoms. The van der Waals surface area contributed by atoms with Gasteiger partial charge in [-0.3, -0.25) is 4.79 Å². The Kier molecular flexibility index (Phi) is 2.68. The van der Waals surface area contributed by atoms with Crippen LogP contribution in [0.3, 0.4) is 0 Å². The Morgan fingerprint density at radius 2 is 2.14 bits per heavy atom. The van der Waals surface area contributed by atoms with Gasteiger partial charge in [0.15, 0.2) is 0 Å². The summed E-state index contributed by atoms with van der Waals surface area (Å²) in [6.45, 7) is 3.11. The molecule has 0 atom stereocenters. The zero-order valence-electron chi connectivity index (χ0n) is 7.70. The lowest BCUT2D eigenvalue weighted by atomic mass is 10.3. The summed E-state index contributed by atoms with van der Waals surface area (Å²) in [6.07, 6.45) is 1.44. The van der Waals surface area contributed by atoms with Crippen LogP contribution in [0.1, 0.15) is 0 Å². The van der Waals surface area contributed by atoms with Gasteiger partial charge in [0.1, 0.15) is 12.9 Å². The largest absolute Gasteiger partial charge is 0.338 e.